The lowest BCUT2D eigenvalue weighted by Crippen LogP contribution is -2.21. The maximum absolute atomic E-state index is 4.42. The van der Waals surface area contributed by atoms with Crippen LogP contribution in [0.4, 0.5) is 5.82 Å². The minimum atomic E-state index is 0.866. The molecule has 0 saturated carbocycles. The van der Waals surface area contributed by atoms with Crippen LogP contribution < -0.4 is 4.90 Å². The Morgan fingerprint density at radius 3 is 2.65 bits per heavy atom. The number of anilines is 1. The van der Waals surface area contributed by atoms with E-state index >= 15 is 0 Å². The zero-order chi connectivity index (χ0) is 12.1. The fourth-order valence-corrected chi connectivity index (χ4v) is 1.91. The summed E-state index contributed by atoms with van der Waals surface area (Å²) >= 11 is 3.38. The maximum atomic E-state index is 4.42. The molecule has 0 radical (unpaired) electrons. The van der Waals surface area contributed by atoms with Gasteiger partial charge in [-0.05, 0) is 52.2 Å². The van der Waals surface area contributed by atoms with Gasteiger partial charge in [0.05, 0.1) is 0 Å². The average molecular weight is 292 g/mol. The van der Waals surface area contributed by atoms with Crippen molar-refractivity contribution in [2.75, 3.05) is 18.5 Å². The summed E-state index contributed by atoms with van der Waals surface area (Å²) in [7, 11) is 2.05. The van der Waals surface area contributed by atoms with Crippen LogP contribution in [0, 0.1) is 0 Å². The molecule has 2 aromatic heterocycles. The van der Waals surface area contributed by atoms with E-state index in [0.717, 1.165) is 23.4 Å². The second-order valence-electron chi connectivity index (χ2n) is 3.85. The highest BCUT2D eigenvalue weighted by molar-refractivity contribution is 9.10. The van der Waals surface area contributed by atoms with E-state index < -0.39 is 0 Å². The molecular formula is C13H14BrN3. The summed E-state index contributed by atoms with van der Waals surface area (Å²) in [5, 5.41) is 0. The molecule has 0 amide bonds. The first-order chi connectivity index (χ1) is 8.25. The monoisotopic (exact) mass is 291 g/mol. The van der Waals surface area contributed by atoms with Crippen molar-refractivity contribution in [1.29, 1.82) is 0 Å². The summed E-state index contributed by atoms with van der Waals surface area (Å²) in [6.45, 7) is 0.938. The van der Waals surface area contributed by atoms with E-state index in [9.17, 15) is 0 Å². The molecule has 0 aliphatic carbocycles. The van der Waals surface area contributed by atoms with Gasteiger partial charge in [0.2, 0.25) is 0 Å². The largest absolute Gasteiger partial charge is 0.359 e. The van der Waals surface area contributed by atoms with E-state index in [-0.39, 0.29) is 0 Å². The van der Waals surface area contributed by atoms with Gasteiger partial charge in [0, 0.05) is 26.0 Å². The first kappa shape index (κ1) is 12.0. The van der Waals surface area contributed by atoms with Crippen molar-refractivity contribution in [2.24, 2.45) is 0 Å². The number of pyridine rings is 2. The Bertz CT molecular complexity index is 473. The van der Waals surface area contributed by atoms with E-state index in [2.05, 4.69) is 37.8 Å². The minimum Gasteiger partial charge on any atom is -0.359 e. The molecule has 0 aromatic carbocycles. The molecule has 2 rings (SSSR count). The van der Waals surface area contributed by atoms with Crippen molar-refractivity contribution >= 4 is 21.7 Å². The number of aromatic nitrogens is 2. The number of halogens is 1. The molecule has 0 unspecified atom stereocenters. The van der Waals surface area contributed by atoms with Crippen LogP contribution in [0.3, 0.4) is 0 Å². The van der Waals surface area contributed by atoms with Gasteiger partial charge in [0.1, 0.15) is 10.4 Å². The molecule has 0 saturated heterocycles. The lowest BCUT2D eigenvalue weighted by Gasteiger charge is -2.18. The van der Waals surface area contributed by atoms with Crippen molar-refractivity contribution in [3.63, 3.8) is 0 Å². The predicted molar refractivity (Wildman–Crippen MR) is 73.1 cm³/mol. The van der Waals surface area contributed by atoms with Crippen LogP contribution in [-0.4, -0.2) is 23.6 Å². The zero-order valence-electron chi connectivity index (χ0n) is 9.68. The van der Waals surface area contributed by atoms with Crippen LogP contribution in [0.2, 0.25) is 0 Å². The Morgan fingerprint density at radius 2 is 1.94 bits per heavy atom. The van der Waals surface area contributed by atoms with Crippen molar-refractivity contribution < 1.29 is 0 Å². The second kappa shape index (κ2) is 5.77. The minimum absolute atomic E-state index is 0.866. The van der Waals surface area contributed by atoms with Gasteiger partial charge in [-0.1, -0.05) is 6.07 Å². The lowest BCUT2D eigenvalue weighted by molar-refractivity contribution is 0.856. The van der Waals surface area contributed by atoms with E-state index in [1.807, 2.05) is 42.7 Å². The normalized spacial score (nSPS) is 10.2. The fraction of sp³-hybridized carbons (Fsp3) is 0.231. The van der Waals surface area contributed by atoms with Gasteiger partial charge in [0.25, 0.3) is 0 Å². The summed E-state index contributed by atoms with van der Waals surface area (Å²) in [5.41, 5.74) is 1.29. The third kappa shape index (κ3) is 3.53. The molecule has 0 fully saturated rings. The van der Waals surface area contributed by atoms with Gasteiger partial charge in [-0.2, -0.15) is 0 Å². The Balaban J connectivity index is 1.96. The third-order valence-electron chi connectivity index (χ3n) is 2.58. The molecule has 88 valence electrons. The Hall–Kier alpha value is -1.42. The molecule has 2 heterocycles. The van der Waals surface area contributed by atoms with Gasteiger partial charge in [-0.25, -0.2) is 4.98 Å². The molecule has 2 aromatic rings. The molecule has 4 heteroatoms. The van der Waals surface area contributed by atoms with Crippen LogP contribution in [0.15, 0.2) is 47.3 Å². The van der Waals surface area contributed by atoms with Crippen molar-refractivity contribution in [2.45, 2.75) is 6.42 Å². The molecule has 0 bridgehead atoms. The van der Waals surface area contributed by atoms with Crippen molar-refractivity contribution in [3.8, 4) is 0 Å². The first-order valence-electron chi connectivity index (χ1n) is 5.48. The Kier molecular flexibility index (Phi) is 4.09. The first-order valence-corrected chi connectivity index (χ1v) is 6.27. The number of likely N-dealkylation sites (N-methyl/N-ethyl adjacent to an activating group) is 1. The maximum Gasteiger partial charge on any atom is 0.129 e. The van der Waals surface area contributed by atoms with Gasteiger partial charge in [-0.3, -0.25) is 4.98 Å². The van der Waals surface area contributed by atoms with Gasteiger partial charge in [0.15, 0.2) is 0 Å². The highest BCUT2D eigenvalue weighted by Crippen LogP contribution is 2.13. The van der Waals surface area contributed by atoms with E-state index in [0.29, 0.717) is 0 Å². The van der Waals surface area contributed by atoms with Crippen molar-refractivity contribution in [3.05, 3.63) is 52.9 Å². The fourth-order valence-electron chi connectivity index (χ4n) is 1.57. The highest BCUT2D eigenvalue weighted by Gasteiger charge is 2.02. The summed E-state index contributed by atoms with van der Waals surface area (Å²) in [4.78, 5) is 10.6. The second-order valence-corrected chi connectivity index (χ2v) is 4.66. The average Bonchev–Trinajstić information content (AvgIpc) is 2.37. The van der Waals surface area contributed by atoms with Crippen LogP contribution in [0.1, 0.15) is 5.56 Å². The summed E-state index contributed by atoms with van der Waals surface area (Å²) < 4.78 is 0.866. The van der Waals surface area contributed by atoms with E-state index in [4.69, 9.17) is 0 Å². The molecule has 3 nitrogen and oxygen atoms in total. The standard InChI is InChI=1S/C13H14BrN3/c1-17(13-4-2-3-12(14)16-13)10-7-11-5-8-15-9-6-11/h2-6,8-9H,7,10H2,1H3. The van der Waals surface area contributed by atoms with Crippen LogP contribution in [0.25, 0.3) is 0 Å². The van der Waals surface area contributed by atoms with Gasteiger partial charge < -0.3 is 4.90 Å². The number of hydrogen-bond acceptors (Lipinski definition) is 3. The Labute approximate surface area is 110 Å². The van der Waals surface area contributed by atoms with Crippen LogP contribution in [-0.2, 0) is 6.42 Å². The van der Waals surface area contributed by atoms with Crippen molar-refractivity contribution in [1.82, 2.24) is 9.97 Å². The van der Waals surface area contributed by atoms with Crippen LogP contribution >= 0.6 is 15.9 Å². The number of rotatable bonds is 4. The Morgan fingerprint density at radius 1 is 1.18 bits per heavy atom. The summed E-state index contributed by atoms with van der Waals surface area (Å²) in [5.74, 6) is 0.980. The SMILES string of the molecule is CN(CCc1ccncc1)c1cccc(Br)n1. The number of nitrogens with zero attached hydrogens (tertiary/aromatic N) is 3. The van der Waals surface area contributed by atoms with E-state index in [1.165, 1.54) is 5.56 Å². The third-order valence-corrected chi connectivity index (χ3v) is 3.02. The molecular weight excluding hydrogens is 278 g/mol. The molecule has 0 atom stereocenters. The lowest BCUT2D eigenvalue weighted by atomic mass is 10.2. The molecule has 0 aliphatic heterocycles. The predicted octanol–water partition coefficient (Wildman–Crippen LogP) is 2.92. The molecule has 17 heavy (non-hydrogen) atoms. The van der Waals surface area contributed by atoms with E-state index in [1.54, 1.807) is 0 Å². The summed E-state index contributed by atoms with van der Waals surface area (Å²) in [6.07, 6.45) is 4.65. The molecule has 0 spiro atoms. The highest BCUT2D eigenvalue weighted by atomic mass is 79.9. The smallest absolute Gasteiger partial charge is 0.129 e. The van der Waals surface area contributed by atoms with Gasteiger partial charge in [-0.15, -0.1) is 0 Å². The van der Waals surface area contributed by atoms with Crippen LogP contribution in [0.5, 0.6) is 0 Å². The summed E-state index contributed by atoms with van der Waals surface area (Å²) in [6, 6.07) is 10.0. The topological polar surface area (TPSA) is 29.0 Å². The quantitative estimate of drug-likeness (QED) is 0.811. The molecule has 0 aliphatic rings. The number of hydrogen-bond donors (Lipinski definition) is 0. The molecule has 0 N–H and O–H groups in total. The van der Waals surface area contributed by atoms with Gasteiger partial charge >= 0.3 is 0 Å². The zero-order valence-corrected chi connectivity index (χ0v) is 11.3.